The van der Waals surface area contributed by atoms with Crippen molar-refractivity contribution in [1.82, 2.24) is 0 Å². The molecule has 0 radical (unpaired) electrons. The molecule has 0 atom stereocenters. The second kappa shape index (κ2) is 3.65. The highest BCUT2D eigenvalue weighted by molar-refractivity contribution is 8.25. The number of nitrogens with zero attached hydrogens (tertiary/aromatic N) is 1. The maximum Gasteiger partial charge on any atom is 0.307 e. The number of fused-ring (bicyclic) bond motifs is 1. The summed E-state index contributed by atoms with van der Waals surface area (Å²) >= 11 is 0. The van der Waals surface area contributed by atoms with E-state index in [4.69, 9.17) is 5.11 Å². The predicted octanol–water partition coefficient (Wildman–Crippen LogP) is 1.93. The molecule has 16 heavy (non-hydrogen) atoms. The third-order valence-corrected chi connectivity index (χ3v) is 4.40. The molecule has 3 N–H and O–H groups in total. The van der Waals surface area contributed by atoms with Crippen molar-refractivity contribution in [3.05, 3.63) is 29.3 Å². The van der Waals surface area contributed by atoms with Gasteiger partial charge in [-0.3, -0.25) is 18.2 Å². The van der Waals surface area contributed by atoms with Gasteiger partial charge in [0.15, 0.2) is 0 Å². The summed E-state index contributed by atoms with van der Waals surface area (Å²) in [7, 11) is -1.14. The Hall–Kier alpha value is -1.24. The molecule has 0 aromatic heterocycles. The zero-order chi connectivity index (χ0) is 11.9. The normalized spacial score (nSPS) is 19.3. The first-order valence-electron chi connectivity index (χ1n) is 4.73. The van der Waals surface area contributed by atoms with Crippen LogP contribution in [0.15, 0.2) is 18.2 Å². The number of carboxylic acid groups (broad SMARTS) is 1. The highest BCUT2D eigenvalue weighted by Gasteiger charge is 2.30. The Bertz CT molecular complexity index is 446. The van der Waals surface area contributed by atoms with E-state index in [9.17, 15) is 13.9 Å². The van der Waals surface area contributed by atoms with Crippen LogP contribution in [0, 0.1) is 0 Å². The molecular formula is C10H13NO4S. The molecule has 1 aliphatic rings. The van der Waals surface area contributed by atoms with E-state index in [0.29, 0.717) is 11.3 Å². The number of carbonyl (C=O) groups is 1. The van der Waals surface area contributed by atoms with Gasteiger partial charge in [0, 0.05) is 7.05 Å². The fraction of sp³-hybridized carbons (Fsp3) is 0.300. The lowest BCUT2D eigenvalue weighted by Crippen LogP contribution is -2.17. The van der Waals surface area contributed by atoms with Crippen LogP contribution in [-0.2, 0) is 17.0 Å². The van der Waals surface area contributed by atoms with Gasteiger partial charge in [-0.2, -0.15) is 0 Å². The molecular weight excluding hydrogens is 230 g/mol. The van der Waals surface area contributed by atoms with Gasteiger partial charge in [0.1, 0.15) is 0 Å². The maximum absolute atomic E-state index is 10.6. The van der Waals surface area contributed by atoms with Crippen molar-refractivity contribution in [1.29, 1.82) is 0 Å². The Morgan fingerprint density at radius 3 is 2.81 bits per heavy atom. The quantitative estimate of drug-likeness (QED) is 0.739. The van der Waals surface area contributed by atoms with Gasteiger partial charge in [-0.1, -0.05) is 12.1 Å². The number of hydrogen-bond donors (Lipinski definition) is 3. The fourth-order valence-electron chi connectivity index (χ4n) is 1.77. The Morgan fingerprint density at radius 1 is 1.50 bits per heavy atom. The Labute approximate surface area is 94.8 Å². The van der Waals surface area contributed by atoms with Crippen molar-refractivity contribution in [3.63, 3.8) is 0 Å². The van der Waals surface area contributed by atoms with Crippen molar-refractivity contribution in [2.24, 2.45) is 0 Å². The molecule has 0 unspecified atom stereocenters. The number of benzene rings is 1. The predicted molar refractivity (Wildman–Crippen MR) is 62.7 cm³/mol. The van der Waals surface area contributed by atoms with E-state index in [2.05, 4.69) is 0 Å². The standard InChI is InChI=1S/C10H13NO4S/c1-11-9-4-7(5-10(12)13)2-3-8(9)6-16(11,14)15/h2-4,14-15H,5-6H2,1H3,(H,12,13). The van der Waals surface area contributed by atoms with E-state index in [1.165, 1.54) is 4.31 Å². The summed E-state index contributed by atoms with van der Waals surface area (Å²) in [6, 6.07) is 5.16. The van der Waals surface area contributed by atoms with Crippen molar-refractivity contribution in [2.75, 3.05) is 11.4 Å². The van der Waals surface area contributed by atoms with Crippen molar-refractivity contribution < 1.29 is 19.0 Å². The van der Waals surface area contributed by atoms with E-state index in [0.717, 1.165) is 5.56 Å². The van der Waals surface area contributed by atoms with Gasteiger partial charge >= 0.3 is 5.97 Å². The van der Waals surface area contributed by atoms with Crippen LogP contribution in [0.3, 0.4) is 0 Å². The number of anilines is 1. The van der Waals surface area contributed by atoms with Crippen molar-refractivity contribution in [2.45, 2.75) is 12.2 Å². The average molecular weight is 243 g/mol. The lowest BCUT2D eigenvalue weighted by molar-refractivity contribution is -0.136. The topological polar surface area (TPSA) is 81.0 Å². The van der Waals surface area contributed by atoms with Gasteiger partial charge in [-0.05, 0) is 17.2 Å². The minimum atomic E-state index is -2.74. The minimum absolute atomic E-state index is 0.0552. The fourth-order valence-corrected chi connectivity index (χ4v) is 3.11. The van der Waals surface area contributed by atoms with Gasteiger partial charge in [0.25, 0.3) is 0 Å². The molecule has 0 saturated heterocycles. The van der Waals surface area contributed by atoms with E-state index < -0.39 is 16.7 Å². The molecule has 2 rings (SSSR count). The summed E-state index contributed by atoms with van der Waals surface area (Å²) in [6.07, 6.45) is -0.0552. The van der Waals surface area contributed by atoms with Crippen molar-refractivity contribution >= 4 is 22.4 Å². The van der Waals surface area contributed by atoms with Crippen LogP contribution in [0.4, 0.5) is 5.69 Å². The summed E-state index contributed by atoms with van der Waals surface area (Å²) in [6.45, 7) is 0. The number of carboxylic acids is 1. The van der Waals surface area contributed by atoms with E-state index in [1.54, 1.807) is 25.2 Å². The molecule has 0 aliphatic carbocycles. The molecule has 1 aromatic carbocycles. The van der Waals surface area contributed by atoms with Gasteiger partial charge in [0.2, 0.25) is 0 Å². The second-order valence-electron chi connectivity index (χ2n) is 3.81. The van der Waals surface area contributed by atoms with E-state index in [-0.39, 0.29) is 12.2 Å². The monoisotopic (exact) mass is 243 g/mol. The highest BCUT2D eigenvalue weighted by Crippen LogP contribution is 2.55. The zero-order valence-corrected chi connectivity index (χ0v) is 9.57. The lowest BCUT2D eigenvalue weighted by atomic mass is 10.1. The molecule has 1 aromatic rings. The molecule has 1 aliphatic heterocycles. The first-order chi connectivity index (χ1) is 7.40. The van der Waals surface area contributed by atoms with E-state index in [1.807, 2.05) is 0 Å². The summed E-state index contributed by atoms with van der Waals surface area (Å²) in [5, 5.41) is 8.68. The largest absolute Gasteiger partial charge is 0.481 e. The van der Waals surface area contributed by atoms with E-state index >= 15 is 0 Å². The maximum atomic E-state index is 10.6. The van der Waals surface area contributed by atoms with Crippen LogP contribution in [0.25, 0.3) is 0 Å². The van der Waals surface area contributed by atoms with Gasteiger partial charge < -0.3 is 5.11 Å². The summed E-state index contributed by atoms with van der Waals surface area (Å²) in [4.78, 5) is 10.6. The Morgan fingerprint density at radius 2 is 2.19 bits per heavy atom. The molecule has 0 spiro atoms. The molecule has 5 nitrogen and oxygen atoms in total. The third-order valence-electron chi connectivity index (χ3n) is 2.63. The summed E-state index contributed by atoms with van der Waals surface area (Å²) in [5.41, 5.74) is 2.21. The number of rotatable bonds is 2. The molecule has 0 bridgehead atoms. The summed E-state index contributed by atoms with van der Waals surface area (Å²) in [5.74, 6) is -0.682. The van der Waals surface area contributed by atoms with Gasteiger partial charge in [-0.15, -0.1) is 10.8 Å². The third kappa shape index (κ3) is 1.87. The lowest BCUT2D eigenvalue weighted by Gasteiger charge is -2.35. The Kier molecular flexibility index (Phi) is 2.57. The van der Waals surface area contributed by atoms with Crippen LogP contribution in [0.1, 0.15) is 11.1 Å². The van der Waals surface area contributed by atoms with Crippen LogP contribution < -0.4 is 4.31 Å². The Balaban J connectivity index is 2.35. The highest BCUT2D eigenvalue weighted by atomic mass is 32.3. The van der Waals surface area contributed by atoms with Gasteiger partial charge in [0.05, 0.1) is 17.9 Å². The minimum Gasteiger partial charge on any atom is -0.481 e. The molecule has 0 fully saturated rings. The SMILES string of the molecule is CN1c2cc(CC(=O)O)ccc2CS1(O)O. The van der Waals surface area contributed by atoms with Crippen LogP contribution in [-0.4, -0.2) is 27.2 Å². The van der Waals surface area contributed by atoms with Gasteiger partial charge in [-0.25, -0.2) is 0 Å². The van der Waals surface area contributed by atoms with Crippen LogP contribution in [0.2, 0.25) is 0 Å². The van der Waals surface area contributed by atoms with Crippen LogP contribution >= 0.6 is 10.8 Å². The molecule has 1 heterocycles. The average Bonchev–Trinajstić information content (AvgIpc) is 2.38. The first-order valence-corrected chi connectivity index (χ1v) is 6.41. The molecule has 88 valence electrons. The number of hydrogen-bond acceptors (Lipinski definition) is 4. The van der Waals surface area contributed by atoms with Crippen LogP contribution in [0.5, 0.6) is 0 Å². The first kappa shape index (κ1) is 11.3. The molecule has 0 saturated carbocycles. The van der Waals surface area contributed by atoms with Crippen molar-refractivity contribution in [3.8, 4) is 0 Å². The number of aliphatic carboxylic acids is 1. The summed E-state index contributed by atoms with van der Waals surface area (Å²) < 4.78 is 20.8. The molecule has 6 heteroatoms. The second-order valence-corrected chi connectivity index (χ2v) is 5.91. The molecule has 0 amide bonds. The smallest absolute Gasteiger partial charge is 0.307 e. The zero-order valence-electron chi connectivity index (χ0n) is 8.75.